The van der Waals surface area contributed by atoms with Crippen molar-refractivity contribution < 1.29 is 28.5 Å². The van der Waals surface area contributed by atoms with Crippen molar-refractivity contribution in [2.45, 2.75) is 26.2 Å². The Balaban J connectivity index is 0.806. The molecule has 0 radical (unpaired) electrons. The lowest BCUT2D eigenvalue weighted by molar-refractivity contribution is -0.131. The number of methoxy groups -OCH3 is 1. The summed E-state index contributed by atoms with van der Waals surface area (Å²) in [7, 11) is 1.68. The maximum Gasteiger partial charge on any atom is 0.519 e. The van der Waals surface area contributed by atoms with Crippen LogP contribution in [0.2, 0.25) is 0 Å². The highest BCUT2D eigenvalue weighted by atomic mass is 16.7. The molecule has 360 valence electrons. The number of anilines is 6. The molecule has 0 unspecified atom stereocenters. The minimum atomic E-state index is -0.840. The van der Waals surface area contributed by atoms with Crippen LogP contribution in [0.25, 0.3) is 24.3 Å². The van der Waals surface area contributed by atoms with Crippen LogP contribution in [-0.2, 0) is 10.2 Å². The minimum absolute atomic E-state index is 0.351. The van der Waals surface area contributed by atoms with Crippen molar-refractivity contribution in [1.82, 2.24) is 0 Å². The SMILES string of the molecule is COc1ccc(N(c2ccccc2)c2ccc(/C=C/c3ccc(/C=C/c4ccc(N(c5ccccc5)c5ccc(OC(=O)Oc6ccc(C(C)(C)c7ccc(OC(C)=O)cc7)cc6)cc5)cc4)cc3)cc2)cc1. The Hall–Kier alpha value is -9.40. The highest BCUT2D eigenvalue weighted by Crippen LogP contribution is 2.38. The number of carbonyl (C=O) groups excluding carboxylic acids is 2. The third-order valence-electron chi connectivity index (χ3n) is 12.4. The van der Waals surface area contributed by atoms with Gasteiger partial charge >= 0.3 is 12.1 Å². The second-order valence-electron chi connectivity index (χ2n) is 17.8. The van der Waals surface area contributed by atoms with Crippen LogP contribution in [0, 0.1) is 0 Å². The Morgan fingerprint density at radius 3 is 0.959 bits per heavy atom. The zero-order valence-corrected chi connectivity index (χ0v) is 41.1. The molecule has 9 aromatic carbocycles. The number of hydrogen-bond donors (Lipinski definition) is 0. The fourth-order valence-corrected chi connectivity index (χ4v) is 8.44. The number of benzene rings is 9. The molecule has 8 heteroatoms. The van der Waals surface area contributed by atoms with E-state index in [1.165, 1.54) is 6.92 Å². The summed E-state index contributed by atoms with van der Waals surface area (Å²) in [4.78, 5) is 28.6. The molecule has 73 heavy (non-hydrogen) atoms. The summed E-state index contributed by atoms with van der Waals surface area (Å²) in [6, 6.07) is 76.2. The molecule has 0 amide bonds. The molecule has 0 saturated carbocycles. The van der Waals surface area contributed by atoms with E-state index in [1.54, 1.807) is 43.5 Å². The molecule has 0 N–H and O–H groups in total. The van der Waals surface area contributed by atoms with E-state index < -0.39 is 6.16 Å². The Bertz CT molecular complexity index is 3300. The summed E-state index contributed by atoms with van der Waals surface area (Å²) in [5.74, 6) is 1.66. The third kappa shape index (κ3) is 12.3. The van der Waals surface area contributed by atoms with Crippen molar-refractivity contribution in [3.63, 3.8) is 0 Å². The molecule has 0 heterocycles. The molecule has 0 fully saturated rings. The van der Waals surface area contributed by atoms with Crippen LogP contribution < -0.4 is 28.7 Å². The summed E-state index contributed by atoms with van der Waals surface area (Å²) < 4.78 is 21.7. The fraction of sp³-hybridized carbons (Fsp3) is 0.0769. The van der Waals surface area contributed by atoms with Crippen molar-refractivity contribution in [3.8, 4) is 23.0 Å². The first kappa shape index (κ1) is 48.6. The molecule has 0 aliphatic rings. The summed E-state index contributed by atoms with van der Waals surface area (Å²) in [6.45, 7) is 5.57. The summed E-state index contributed by atoms with van der Waals surface area (Å²) >= 11 is 0. The quantitative estimate of drug-likeness (QED) is 0.0410. The number of esters is 1. The summed E-state index contributed by atoms with van der Waals surface area (Å²) in [5, 5.41) is 0. The van der Waals surface area contributed by atoms with Gasteiger partial charge in [0.2, 0.25) is 0 Å². The van der Waals surface area contributed by atoms with Gasteiger partial charge in [0.1, 0.15) is 23.0 Å². The maximum absolute atomic E-state index is 12.9. The summed E-state index contributed by atoms with van der Waals surface area (Å²) in [5.41, 5.74) is 12.1. The lowest BCUT2D eigenvalue weighted by Gasteiger charge is -2.26. The largest absolute Gasteiger partial charge is 0.519 e. The molecule has 0 aromatic heterocycles. The average Bonchev–Trinajstić information content (AvgIpc) is 3.42. The van der Waals surface area contributed by atoms with Gasteiger partial charge in [-0.1, -0.05) is 147 Å². The van der Waals surface area contributed by atoms with E-state index in [9.17, 15) is 9.59 Å². The highest BCUT2D eigenvalue weighted by molar-refractivity contribution is 5.81. The van der Waals surface area contributed by atoms with E-state index in [4.69, 9.17) is 18.9 Å². The second kappa shape index (κ2) is 22.6. The van der Waals surface area contributed by atoms with E-state index in [2.05, 4.69) is 169 Å². The third-order valence-corrected chi connectivity index (χ3v) is 12.4. The topological polar surface area (TPSA) is 77.5 Å². The van der Waals surface area contributed by atoms with Gasteiger partial charge in [0.15, 0.2) is 0 Å². The van der Waals surface area contributed by atoms with Gasteiger partial charge in [-0.05, 0) is 155 Å². The molecule has 0 spiro atoms. The number of hydrogen-bond acceptors (Lipinski definition) is 8. The molecule has 0 aliphatic heterocycles. The molecule has 0 bridgehead atoms. The number of nitrogens with zero attached hydrogens (tertiary/aromatic N) is 2. The van der Waals surface area contributed by atoms with Crippen LogP contribution in [0.1, 0.15) is 54.2 Å². The van der Waals surface area contributed by atoms with Gasteiger partial charge in [-0.25, -0.2) is 4.79 Å². The van der Waals surface area contributed by atoms with Crippen LogP contribution in [0.3, 0.4) is 0 Å². The number of carbonyl (C=O) groups is 2. The first-order valence-electron chi connectivity index (χ1n) is 24.0. The lowest BCUT2D eigenvalue weighted by Crippen LogP contribution is -2.19. The van der Waals surface area contributed by atoms with Gasteiger partial charge in [-0.15, -0.1) is 0 Å². The smallest absolute Gasteiger partial charge is 0.497 e. The zero-order chi connectivity index (χ0) is 50.6. The standard InChI is InChI=1S/C65H54N2O6/c1-47(68)71-61-39-27-52(28-40-61)65(2,3)53-29-41-62(42-30-53)72-64(69)73-63-45-37-59(38-46-63)67(55-13-9-6-10-14-55)57-33-25-51(26-34-57)22-20-49-17-15-48(16-18-49)19-21-50-23-31-56(32-24-50)66(54-11-7-5-8-12-54)58-35-43-60(70-4)44-36-58/h5-46H,1-4H3/b21-19+,22-20+. The molecule has 9 aromatic rings. The molecule has 0 saturated heterocycles. The molecule has 0 atom stereocenters. The molecular weight excluding hydrogens is 905 g/mol. The lowest BCUT2D eigenvalue weighted by atomic mass is 9.78. The Labute approximate surface area is 427 Å². The number of rotatable bonds is 16. The molecular formula is C65H54N2O6. The van der Waals surface area contributed by atoms with Gasteiger partial charge in [0.05, 0.1) is 7.11 Å². The van der Waals surface area contributed by atoms with Crippen molar-refractivity contribution in [2.75, 3.05) is 16.9 Å². The molecule has 8 nitrogen and oxygen atoms in total. The predicted molar refractivity (Wildman–Crippen MR) is 296 cm³/mol. The average molecular weight is 959 g/mol. The van der Waals surface area contributed by atoms with Gasteiger partial charge in [0.25, 0.3) is 0 Å². The normalized spacial score (nSPS) is 11.3. The molecule has 9 rings (SSSR count). The Morgan fingerprint density at radius 2 is 0.630 bits per heavy atom. The van der Waals surface area contributed by atoms with Crippen molar-refractivity contribution in [2.24, 2.45) is 0 Å². The minimum Gasteiger partial charge on any atom is -0.497 e. The van der Waals surface area contributed by atoms with Crippen LogP contribution in [0.15, 0.2) is 231 Å². The number of para-hydroxylation sites is 2. The van der Waals surface area contributed by atoms with Crippen molar-refractivity contribution >= 4 is 70.6 Å². The first-order valence-corrected chi connectivity index (χ1v) is 24.0. The van der Waals surface area contributed by atoms with Crippen LogP contribution in [0.5, 0.6) is 23.0 Å². The van der Waals surface area contributed by atoms with E-state index in [0.29, 0.717) is 17.2 Å². The van der Waals surface area contributed by atoms with Crippen molar-refractivity contribution in [3.05, 3.63) is 264 Å². The first-order chi connectivity index (χ1) is 35.6. The van der Waals surface area contributed by atoms with E-state index >= 15 is 0 Å². The Morgan fingerprint density at radius 1 is 0.356 bits per heavy atom. The zero-order valence-electron chi connectivity index (χ0n) is 41.1. The number of ether oxygens (including phenoxy) is 4. The van der Waals surface area contributed by atoms with Gasteiger partial charge in [-0.2, -0.15) is 0 Å². The Kier molecular flexibility index (Phi) is 15.0. The highest BCUT2D eigenvalue weighted by Gasteiger charge is 2.24. The predicted octanol–water partition coefficient (Wildman–Crippen LogP) is 16.8. The van der Waals surface area contributed by atoms with E-state index in [1.807, 2.05) is 72.8 Å². The van der Waals surface area contributed by atoms with Crippen LogP contribution in [-0.4, -0.2) is 19.2 Å². The van der Waals surface area contributed by atoms with E-state index in [-0.39, 0.29) is 11.4 Å². The van der Waals surface area contributed by atoms with Crippen LogP contribution in [0.4, 0.5) is 38.9 Å². The van der Waals surface area contributed by atoms with E-state index in [0.717, 1.165) is 73.3 Å². The summed E-state index contributed by atoms with van der Waals surface area (Å²) in [6.07, 6.45) is 7.66. The van der Waals surface area contributed by atoms with Gasteiger partial charge in [-0.3, -0.25) is 4.79 Å². The molecule has 0 aliphatic carbocycles. The second-order valence-corrected chi connectivity index (χ2v) is 17.8. The monoisotopic (exact) mass is 958 g/mol. The van der Waals surface area contributed by atoms with Gasteiger partial charge < -0.3 is 28.7 Å². The maximum atomic E-state index is 12.9. The fourth-order valence-electron chi connectivity index (χ4n) is 8.44. The van der Waals surface area contributed by atoms with Crippen molar-refractivity contribution in [1.29, 1.82) is 0 Å². The van der Waals surface area contributed by atoms with Crippen LogP contribution >= 0.6 is 0 Å². The van der Waals surface area contributed by atoms with Gasteiger partial charge in [0, 0.05) is 46.5 Å².